The first-order chi connectivity index (χ1) is 15.3. The van der Waals surface area contributed by atoms with Crippen LogP contribution in [0.5, 0.6) is 0 Å². The van der Waals surface area contributed by atoms with Crippen molar-refractivity contribution in [2.75, 3.05) is 4.90 Å². The van der Waals surface area contributed by atoms with Gasteiger partial charge in [0, 0.05) is 16.6 Å². The normalized spacial score (nSPS) is 10.8. The molecular weight excluding hydrogens is 500 g/mol. The van der Waals surface area contributed by atoms with Crippen LogP contribution < -0.4 is 4.90 Å². The second-order valence-corrected chi connectivity index (χ2v) is 8.66. The molecule has 0 saturated carbocycles. The van der Waals surface area contributed by atoms with Gasteiger partial charge in [-0.05, 0) is 23.8 Å². The highest BCUT2D eigenvalue weighted by Crippen LogP contribution is 2.33. The van der Waals surface area contributed by atoms with Crippen LogP contribution in [0.25, 0.3) is 10.2 Å². The Balaban J connectivity index is 1.83. The van der Waals surface area contributed by atoms with Crippen molar-refractivity contribution in [3.8, 4) is 0 Å². The molecule has 1 amide bonds. The zero-order chi connectivity index (χ0) is 22.8. The molecule has 0 radical (unpaired) electrons. The van der Waals surface area contributed by atoms with Crippen molar-refractivity contribution in [3.05, 3.63) is 103 Å². The zero-order valence-electron chi connectivity index (χ0n) is 16.2. The van der Waals surface area contributed by atoms with E-state index in [9.17, 15) is 25.0 Å². The minimum absolute atomic E-state index is 0.136. The van der Waals surface area contributed by atoms with Gasteiger partial charge in [-0.3, -0.25) is 29.9 Å². The molecule has 0 atom stereocenters. The number of hydrogen-bond acceptors (Lipinski definition) is 7. The number of nitro benzene ring substituents is 2. The van der Waals surface area contributed by atoms with Crippen LogP contribution >= 0.6 is 27.3 Å². The van der Waals surface area contributed by atoms with Gasteiger partial charge >= 0.3 is 0 Å². The summed E-state index contributed by atoms with van der Waals surface area (Å²) in [5, 5.41) is 22.9. The number of fused-ring (bicyclic) bond motifs is 1. The third-order valence-electron chi connectivity index (χ3n) is 4.57. The highest BCUT2D eigenvalue weighted by atomic mass is 79.9. The van der Waals surface area contributed by atoms with Gasteiger partial charge in [-0.25, -0.2) is 4.98 Å². The van der Waals surface area contributed by atoms with Gasteiger partial charge in [0.25, 0.3) is 17.3 Å². The van der Waals surface area contributed by atoms with E-state index in [1.807, 2.05) is 48.5 Å². The van der Waals surface area contributed by atoms with Crippen LogP contribution in [0.4, 0.5) is 16.5 Å². The van der Waals surface area contributed by atoms with Gasteiger partial charge in [-0.1, -0.05) is 57.6 Å². The Kier molecular flexibility index (Phi) is 5.93. The summed E-state index contributed by atoms with van der Waals surface area (Å²) < 4.78 is 1.70. The van der Waals surface area contributed by atoms with Crippen molar-refractivity contribution in [2.24, 2.45) is 0 Å². The summed E-state index contributed by atoms with van der Waals surface area (Å²) in [5.41, 5.74) is 0.262. The van der Waals surface area contributed by atoms with Crippen LogP contribution in [0.15, 0.2) is 71.2 Å². The van der Waals surface area contributed by atoms with Crippen LogP contribution in [0, 0.1) is 20.2 Å². The van der Waals surface area contributed by atoms with E-state index in [0.717, 1.165) is 32.9 Å². The SMILES string of the molecule is O=C(c1cc([N+](=O)[O-])cc([N+](=O)[O-])c1)N(Cc1ccccc1)c1nc2ccc(Br)cc2s1. The summed E-state index contributed by atoms with van der Waals surface area (Å²) in [6, 6.07) is 17.6. The molecule has 160 valence electrons. The van der Waals surface area contributed by atoms with Gasteiger partial charge in [0.1, 0.15) is 0 Å². The molecule has 0 unspecified atom stereocenters. The molecule has 0 aliphatic carbocycles. The van der Waals surface area contributed by atoms with Gasteiger partial charge in [0.15, 0.2) is 5.13 Å². The van der Waals surface area contributed by atoms with Crippen molar-refractivity contribution in [2.45, 2.75) is 6.54 Å². The van der Waals surface area contributed by atoms with E-state index >= 15 is 0 Å². The molecule has 0 fully saturated rings. The van der Waals surface area contributed by atoms with Gasteiger partial charge in [-0.15, -0.1) is 0 Å². The molecule has 0 saturated heterocycles. The number of hydrogen-bond donors (Lipinski definition) is 0. The lowest BCUT2D eigenvalue weighted by Gasteiger charge is -2.20. The Bertz CT molecular complexity index is 1330. The number of nitro groups is 2. The van der Waals surface area contributed by atoms with Crippen LogP contribution in [-0.4, -0.2) is 20.7 Å². The smallest absolute Gasteiger partial charge is 0.277 e. The average Bonchev–Trinajstić information content (AvgIpc) is 3.20. The Hall–Kier alpha value is -3.70. The van der Waals surface area contributed by atoms with Gasteiger partial charge in [0.05, 0.1) is 38.2 Å². The van der Waals surface area contributed by atoms with Crippen molar-refractivity contribution in [1.82, 2.24) is 4.98 Å². The first kappa shape index (κ1) is 21.5. The topological polar surface area (TPSA) is 119 Å². The number of benzene rings is 3. The van der Waals surface area contributed by atoms with E-state index < -0.39 is 27.1 Å². The number of anilines is 1. The molecule has 11 heteroatoms. The van der Waals surface area contributed by atoms with E-state index in [4.69, 9.17) is 0 Å². The number of thiazole rings is 1. The van der Waals surface area contributed by atoms with Gasteiger partial charge in [-0.2, -0.15) is 0 Å². The Labute approximate surface area is 193 Å². The molecule has 0 spiro atoms. The first-order valence-electron chi connectivity index (χ1n) is 9.17. The number of carbonyl (C=O) groups is 1. The lowest BCUT2D eigenvalue weighted by atomic mass is 10.1. The number of aromatic nitrogens is 1. The summed E-state index contributed by atoms with van der Waals surface area (Å²) >= 11 is 4.69. The van der Waals surface area contributed by atoms with Crippen molar-refractivity contribution < 1.29 is 14.6 Å². The monoisotopic (exact) mass is 512 g/mol. The van der Waals surface area contributed by atoms with Crippen LogP contribution in [0.3, 0.4) is 0 Å². The molecule has 0 bridgehead atoms. The zero-order valence-corrected chi connectivity index (χ0v) is 18.6. The quantitative estimate of drug-likeness (QED) is 0.240. The third kappa shape index (κ3) is 4.48. The largest absolute Gasteiger partial charge is 0.279 e. The van der Waals surface area contributed by atoms with Crippen molar-refractivity contribution >= 4 is 59.9 Å². The van der Waals surface area contributed by atoms with E-state index in [1.54, 1.807) is 0 Å². The maximum atomic E-state index is 13.5. The van der Waals surface area contributed by atoms with E-state index in [0.29, 0.717) is 10.6 Å². The molecule has 0 aliphatic rings. The molecule has 4 rings (SSSR count). The fourth-order valence-corrected chi connectivity index (χ4v) is 4.59. The second kappa shape index (κ2) is 8.81. The maximum Gasteiger partial charge on any atom is 0.277 e. The van der Waals surface area contributed by atoms with Crippen LogP contribution in [0.2, 0.25) is 0 Å². The van der Waals surface area contributed by atoms with Gasteiger partial charge in [0.2, 0.25) is 0 Å². The molecule has 0 aliphatic heterocycles. The standard InChI is InChI=1S/C21H13BrN4O5S/c22-15-6-7-18-19(10-15)32-21(23-18)24(12-13-4-2-1-3-5-13)20(27)14-8-16(25(28)29)11-17(9-14)26(30)31/h1-11H,12H2. The summed E-state index contributed by atoms with van der Waals surface area (Å²) in [6.45, 7) is 0.136. The molecule has 3 aromatic carbocycles. The molecule has 9 nitrogen and oxygen atoms in total. The van der Waals surface area contributed by atoms with Crippen molar-refractivity contribution in [1.29, 1.82) is 0 Å². The summed E-state index contributed by atoms with van der Waals surface area (Å²) in [4.78, 5) is 40.4. The summed E-state index contributed by atoms with van der Waals surface area (Å²) in [5.74, 6) is -0.626. The highest BCUT2D eigenvalue weighted by Gasteiger charge is 2.26. The number of amides is 1. The fourth-order valence-electron chi connectivity index (χ4n) is 3.08. The number of halogens is 1. The number of non-ortho nitro benzene ring substituents is 2. The predicted octanol–water partition coefficient (Wildman–Crippen LogP) is 5.72. The molecular formula is C21H13BrN4O5S. The van der Waals surface area contributed by atoms with Crippen LogP contribution in [-0.2, 0) is 6.54 Å². The van der Waals surface area contributed by atoms with Gasteiger partial charge < -0.3 is 0 Å². The Morgan fingerprint density at radius 3 is 2.25 bits per heavy atom. The highest BCUT2D eigenvalue weighted by molar-refractivity contribution is 9.10. The summed E-state index contributed by atoms with van der Waals surface area (Å²) in [7, 11) is 0. The maximum absolute atomic E-state index is 13.5. The Morgan fingerprint density at radius 1 is 0.969 bits per heavy atom. The lowest BCUT2D eigenvalue weighted by Crippen LogP contribution is -2.30. The molecule has 4 aromatic rings. The third-order valence-corrected chi connectivity index (χ3v) is 6.10. The molecule has 1 aromatic heterocycles. The van der Waals surface area contributed by atoms with E-state index in [1.165, 1.54) is 16.2 Å². The van der Waals surface area contributed by atoms with Crippen LogP contribution in [0.1, 0.15) is 15.9 Å². The molecule has 1 heterocycles. The minimum atomic E-state index is -0.763. The van der Waals surface area contributed by atoms with E-state index in [2.05, 4.69) is 20.9 Å². The van der Waals surface area contributed by atoms with E-state index in [-0.39, 0.29) is 12.1 Å². The Morgan fingerprint density at radius 2 is 1.62 bits per heavy atom. The van der Waals surface area contributed by atoms with Crippen molar-refractivity contribution in [3.63, 3.8) is 0 Å². The number of carbonyl (C=O) groups excluding carboxylic acids is 1. The minimum Gasteiger partial charge on any atom is -0.279 e. The fraction of sp³-hybridized carbons (Fsp3) is 0.0476. The first-order valence-corrected chi connectivity index (χ1v) is 10.8. The number of nitrogens with zero attached hydrogens (tertiary/aromatic N) is 4. The molecule has 0 N–H and O–H groups in total. The number of rotatable bonds is 6. The molecule has 32 heavy (non-hydrogen) atoms. The summed E-state index contributed by atoms with van der Waals surface area (Å²) in [6.07, 6.45) is 0. The lowest BCUT2D eigenvalue weighted by molar-refractivity contribution is -0.394. The predicted molar refractivity (Wildman–Crippen MR) is 124 cm³/mol. The second-order valence-electron chi connectivity index (χ2n) is 6.74. The average molecular weight is 513 g/mol.